The van der Waals surface area contributed by atoms with Crippen LogP contribution in [-0.2, 0) is 0 Å². The van der Waals surface area contributed by atoms with Crippen molar-refractivity contribution >= 4 is 11.8 Å². The summed E-state index contributed by atoms with van der Waals surface area (Å²) in [6.45, 7) is 2.23. The van der Waals surface area contributed by atoms with Gasteiger partial charge >= 0.3 is 0 Å². The number of thioether (sulfide) groups is 1. The number of hydrogen-bond acceptors (Lipinski definition) is 5. The number of rotatable bonds is 10. The molecular formula is C14H29NO3S. The summed E-state index contributed by atoms with van der Waals surface area (Å²) in [6.07, 6.45) is 6.28. The molecule has 19 heavy (non-hydrogen) atoms. The number of unbranched alkanes of at least 4 members (excludes halogenated alkanes) is 6. The average molecular weight is 291 g/mol. The summed E-state index contributed by atoms with van der Waals surface area (Å²) >= 11 is 1.78. The number of aliphatic hydroxyl groups is 3. The lowest BCUT2D eigenvalue weighted by atomic mass is 10.1. The zero-order valence-electron chi connectivity index (χ0n) is 11.9. The third-order valence-electron chi connectivity index (χ3n) is 3.66. The van der Waals surface area contributed by atoms with Gasteiger partial charge in [-0.05, 0) is 12.2 Å². The molecule has 4 N–H and O–H groups in total. The molecule has 0 amide bonds. The van der Waals surface area contributed by atoms with E-state index in [2.05, 4.69) is 12.2 Å². The summed E-state index contributed by atoms with van der Waals surface area (Å²) in [4.78, 5) is 0. The van der Waals surface area contributed by atoms with Crippen molar-refractivity contribution in [3.8, 4) is 0 Å². The molecule has 0 aliphatic carbocycles. The van der Waals surface area contributed by atoms with Gasteiger partial charge < -0.3 is 15.3 Å². The van der Waals surface area contributed by atoms with Crippen LogP contribution in [0, 0.1) is 0 Å². The van der Waals surface area contributed by atoms with E-state index in [0.717, 1.165) is 11.5 Å². The Hall–Kier alpha value is 0.190. The van der Waals surface area contributed by atoms with Gasteiger partial charge in [-0.25, -0.2) is 0 Å². The minimum atomic E-state index is -1.05. The highest BCUT2D eigenvalue weighted by atomic mass is 32.2. The smallest absolute Gasteiger partial charge is 0.134 e. The Morgan fingerprint density at radius 3 is 2.11 bits per heavy atom. The van der Waals surface area contributed by atoms with E-state index in [9.17, 15) is 15.3 Å². The standard InChI is InChI=1S/C14H29NO3S/c1-2-3-4-5-6-7-8-9-19-10-11-12(16)13(17)14(18)15-11/h11-18H,2-10H2,1H3. The van der Waals surface area contributed by atoms with Crippen molar-refractivity contribution in [1.82, 2.24) is 5.32 Å². The fourth-order valence-electron chi connectivity index (χ4n) is 2.36. The summed E-state index contributed by atoms with van der Waals surface area (Å²) < 4.78 is 0. The van der Waals surface area contributed by atoms with E-state index in [0.29, 0.717) is 0 Å². The largest absolute Gasteiger partial charge is 0.389 e. The Balaban J connectivity index is 1.91. The third kappa shape index (κ3) is 6.45. The lowest BCUT2D eigenvalue weighted by molar-refractivity contribution is -0.0232. The van der Waals surface area contributed by atoms with Crippen molar-refractivity contribution in [2.24, 2.45) is 0 Å². The monoisotopic (exact) mass is 291 g/mol. The fourth-order valence-corrected chi connectivity index (χ4v) is 3.48. The van der Waals surface area contributed by atoms with Crippen molar-refractivity contribution in [2.75, 3.05) is 11.5 Å². The van der Waals surface area contributed by atoms with Gasteiger partial charge in [-0.3, -0.25) is 5.32 Å². The molecule has 0 aromatic heterocycles. The van der Waals surface area contributed by atoms with E-state index in [1.807, 2.05) is 0 Å². The van der Waals surface area contributed by atoms with Crippen molar-refractivity contribution in [3.05, 3.63) is 0 Å². The predicted octanol–water partition coefficient (Wildman–Crippen LogP) is 1.48. The van der Waals surface area contributed by atoms with Gasteiger partial charge in [-0.2, -0.15) is 11.8 Å². The maximum absolute atomic E-state index is 9.67. The first-order valence-electron chi connectivity index (χ1n) is 7.54. The second-order valence-electron chi connectivity index (χ2n) is 5.40. The minimum Gasteiger partial charge on any atom is -0.389 e. The van der Waals surface area contributed by atoms with Crippen molar-refractivity contribution in [1.29, 1.82) is 0 Å². The Morgan fingerprint density at radius 2 is 1.53 bits per heavy atom. The first-order valence-corrected chi connectivity index (χ1v) is 8.70. The molecule has 0 aromatic carbocycles. The van der Waals surface area contributed by atoms with E-state index < -0.39 is 18.4 Å². The minimum absolute atomic E-state index is 0.195. The van der Waals surface area contributed by atoms with E-state index in [1.165, 1.54) is 44.9 Å². The van der Waals surface area contributed by atoms with Crippen LogP contribution >= 0.6 is 11.8 Å². The van der Waals surface area contributed by atoms with Gasteiger partial charge in [-0.15, -0.1) is 0 Å². The van der Waals surface area contributed by atoms with Crippen molar-refractivity contribution < 1.29 is 15.3 Å². The maximum atomic E-state index is 9.67. The Labute approximate surface area is 121 Å². The van der Waals surface area contributed by atoms with Gasteiger partial charge in [0.15, 0.2) is 0 Å². The van der Waals surface area contributed by atoms with Gasteiger partial charge in [0, 0.05) is 11.8 Å². The molecule has 5 heteroatoms. The molecule has 1 aliphatic rings. The van der Waals surface area contributed by atoms with E-state index in [-0.39, 0.29) is 6.04 Å². The Kier molecular flexibility index (Phi) is 9.07. The second-order valence-corrected chi connectivity index (χ2v) is 6.55. The van der Waals surface area contributed by atoms with Gasteiger partial charge in [-0.1, -0.05) is 45.4 Å². The first kappa shape index (κ1) is 17.2. The van der Waals surface area contributed by atoms with E-state index in [1.54, 1.807) is 11.8 Å². The van der Waals surface area contributed by atoms with Crippen LogP contribution in [0.15, 0.2) is 0 Å². The highest BCUT2D eigenvalue weighted by Crippen LogP contribution is 2.18. The van der Waals surface area contributed by atoms with Crippen LogP contribution in [0.4, 0.5) is 0 Å². The summed E-state index contributed by atoms with van der Waals surface area (Å²) in [5.74, 6) is 1.83. The molecule has 1 rings (SSSR count). The molecule has 0 aromatic rings. The Morgan fingerprint density at radius 1 is 0.895 bits per heavy atom. The van der Waals surface area contributed by atoms with Crippen molar-refractivity contribution in [2.45, 2.75) is 76.3 Å². The fraction of sp³-hybridized carbons (Fsp3) is 1.00. The van der Waals surface area contributed by atoms with Crippen LogP contribution in [0.3, 0.4) is 0 Å². The topological polar surface area (TPSA) is 72.7 Å². The van der Waals surface area contributed by atoms with Crippen LogP contribution in [0.1, 0.15) is 51.9 Å². The molecule has 4 nitrogen and oxygen atoms in total. The molecule has 0 radical (unpaired) electrons. The molecular weight excluding hydrogens is 262 g/mol. The lowest BCUT2D eigenvalue weighted by Crippen LogP contribution is -2.35. The second kappa shape index (κ2) is 10.00. The molecule has 1 saturated heterocycles. The van der Waals surface area contributed by atoms with E-state index in [4.69, 9.17) is 0 Å². The normalized spacial score (nSPS) is 30.9. The predicted molar refractivity (Wildman–Crippen MR) is 80.3 cm³/mol. The van der Waals surface area contributed by atoms with Crippen LogP contribution in [-0.4, -0.2) is 51.3 Å². The SMILES string of the molecule is CCCCCCCCCSCC1NC(O)C(O)C1O. The highest BCUT2D eigenvalue weighted by molar-refractivity contribution is 7.99. The first-order chi connectivity index (χ1) is 9.16. The molecule has 1 fully saturated rings. The molecule has 4 atom stereocenters. The zero-order chi connectivity index (χ0) is 14.1. The summed E-state index contributed by atoms with van der Waals surface area (Å²) in [5.41, 5.74) is 0. The molecule has 1 aliphatic heterocycles. The number of nitrogens with one attached hydrogen (secondary N) is 1. The number of hydrogen-bond donors (Lipinski definition) is 4. The number of aliphatic hydroxyl groups excluding tert-OH is 3. The van der Waals surface area contributed by atoms with Gasteiger partial charge in [0.1, 0.15) is 12.3 Å². The molecule has 0 saturated carbocycles. The van der Waals surface area contributed by atoms with Crippen LogP contribution in [0.2, 0.25) is 0 Å². The summed E-state index contributed by atoms with van der Waals surface area (Å²) in [6, 6.07) is -0.195. The molecule has 0 bridgehead atoms. The van der Waals surface area contributed by atoms with Crippen LogP contribution in [0.5, 0.6) is 0 Å². The molecule has 1 heterocycles. The van der Waals surface area contributed by atoms with Gasteiger partial charge in [0.25, 0.3) is 0 Å². The van der Waals surface area contributed by atoms with Crippen LogP contribution in [0.25, 0.3) is 0 Å². The summed E-state index contributed by atoms with van der Waals surface area (Å²) in [7, 11) is 0. The van der Waals surface area contributed by atoms with E-state index >= 15 is 0 Å². The van der Waals surface area contributed by atoms with Crippen molar-refractivity contribution in [3.63, 3.8) is 0 Å². The lowest BCUT2D eigenvalue weighted by Gasteiger charge is -2.14. The average Bonchev–Trinajstić information content (AvgIpc) is 2.64. The van der Waals surface area contributed by atoms with Gasteiger partial charge in [0.2, 0.25) is 0 Å². The molecule has 4 unspecified atom stereocenters. The maximum Gasteiger partial charge on any atom is 0.134 e. The zero-order valence-corrected chi connectivity index (χ0v) is 12.7. The van der Waals surface area contributed by atoms with Crippen LogP contribution < -0.4 is 5.32 Å². The molecule has 0 spiro atoms. The quantitative estimate of drug-likeness (QED) is 0.459. The molecule has 114 valence electrons. The Bertz CT molecular complexity index is 231. The third-order valence-corrected chi connectivity index (χ3v) is 4.83. The highest BCUT2D eigenvalue weighted by Gasteiger charge is 2.39. The summed E-state index contributed by atoms with van der Waals surface area (Å²) in [5, 5.41) is 31.2. The van der Waals surface area contributed by atoms with Gasteiger partial charge in [0.05, 0.1) is 6.10 Å².